The third-order valence-corrected chi connectivity index (χ3v) is 6.14. The van der Waals surface area contributed by atoms with Gasteiger partial charge < -0.3 is 18.6 Å². The molecule has 0 bridgehead atoms. The molecule has 1 aliphatic rings. The van der Waals surface area contributed by atoms with E-state index in [-0.39, 0.29) is 6.45 Å². The van der Waals surface area contributed by atoms with E-state index in [1.807, 2.05) is 58.0 Å². The van der Waals surface area contributed by atoms with E-state index in [9.17, 15) is 4.79 Å². The summed E-state index contributed by atoms with van der Waals surface area (Å²) >= 11 is 2.15. The largest absolute Gasteiger partial charge is 0.495 e. The summed E-state index contributed by atoms with van der Waals surface area (Å²) in [6.45, 7) is 8.50. The SMILES string of the molecule is CC1(C)OB(c2cc(OPI)cc(OCc3ccccc3)c2C=O)OC1(C)C. The second kappa shape index (κ2) is 8.70. The van der Waals surface area contributed by atoms with E-state index in [1.54, 1.807) is 12.1 Å². The van der Waals surface area contributed by atoms with Crippen molar-refractivity contribution in [2.45, 2.75) is 45.5 Å². The predicted octanol–water partition coefficient (Wildman–Crippen LogP) is 4.70. The molecule has 0 saturated carbocycles. The van der Waals surface area contributed by atoms with E-state index in [2.05, 4.69) is 22.0 Å². The van der Waals surface area contributed by atoms with Crippen LogP contribution in [0.25, 0.3) is 0 Å². The maximum atomic E-state index is 12.0. The molecule has 0 spiro atoms. The van der Waals surface area contributed by atoms with Gasteiger partial charge in [-0.1, -0.05) is 30.3 Å². The Labute approximate surface area is 181 Å². The zero-order valence-electron chi connectivity index (χ0n) is 16.3. The number of carbonyl (C=O) groups is 1. The number of rotatable bonds is 7. The van der Waals surface area contributed by atoms with Gasteiger partial charge in [0.2, 0.25) is 0 Å². The van der Waals surface area contributed by atoms with Crippen LogP contribution < -0.4 is 14.7 Å². The minimum absolute atomic E-state index is 0.233. The maximum Gasteiger partial charge on any atom is 0.495 e. The van der Waals surface area contributed by atoms with Crippen LogP contribution in [0.2, 0.25) is 0 Å². The number of hydrogen-bond acceptors (Lipinski definition) is 5. The molecule has 5 nitrogen and oxygen atoms in total. The van der Waals surface area contributed by atoms with Crippen molar-refractivity contribution in [2.24, 2.45) is 0 Å². The van der Waals surface area contributed by atoms with E-state index >= 15 is 0 Å². The van der Waals surface area contributed by atoms with Crippen molar-refractivity contribution >= 4 is 47.4 Å². The van der Waals surface area contributed by atoms with Crippen LogP contribution in [-0.4, -0.2) is 24.6 Å². The Bertz CT molecular complexity index is 828. The van der Waals surface area contributed by atoms with E-state index in [0.717, 1.165) is 11.8 Å². The topological polar surface area (TPSA) is 54.0 Å². The summed E-state index contributed by atoms with van der Waals surface area (Å²) in [7, 11) is -0.676. The number of aldehydes is 1. The Hall–Kier alpha value is -1.15. The number of halogens is 1. The standard InChI is InChI=1S/C20H23BIO5P/c1-19(2)20(3,4)27-21(26-19)17-10-15(25-28-22)11-18(16(17)12-23)24-13-14-8-6-5-7-9-14/h5-12,28H,13H2,1-4H3. The molecule has 1 heterocycles. The van der Waals surface area contributed by atoms with Gasteiger partial charge in [-0.15, -0.1) is 0 Å². The average molecular weight is 512 g/mol. The molecule has 0 aliphatic carbocycles. The van der Waals surface area contributed by atoms with Crippen LogP contribution in [0, 0.1) is 0 Å². The fraction of sp³-hybridized carbons (Fsp3) is 0.350. The Morgan fingerprint density at radius 1 is 1.11 bits per heavy atom. The smallest absolute Gasteiger partial charge is 0.488 e. The highest BCUT2D eigenvalue weighted by molar-refractivity contribution is 14.2. The highest BCUT2D eigenvalue weighted by Crippen LogP contribution is 2.38. The molecular formula is C20H23BIO5P. The van der Waals surface area contributed by atoms with Gasteiger partial charge in [0, 0.05) is 11.5 Å². The first-order valence-corrected chi connectivity index (χ1v) is 13.0. The van der Waals surface area contributed by atoms with E-state index < -0.39 is 18.3 Å². The van der Waals surface area contributed by atoms with Gasteiger partial charge in [-0.3, -0.25) is 4.79 Å². The molecule has 2 aromatic carbocycles. The molecule has 0 amide bonds. The molecule has 1 saturated heterocycles. The van der Waals surface area contributed by atoms with Crippen molar-refractivity contribution < 1.29 is 23.4 Å². The van der Waals surface area contributed by atoms with Gasteiger partial charge >= 0.3 is 7.12 Å². The molecule has 1 atom stereocenters. The van der Waals surface area contributed by atoms with E-state index in [1.165, 1.54) is 0 Å². The maximum absolute atomic E-state index is 12.0. The fourth-order valence-corrected chi connectivity index (χ4v) is 3.84. The van der Waals surface area contributed by atoms with Gasteiger partial charge in [0.1, 0.15) is 24.6 Å². The second-order valence-electron chi connectivity index (χ2n) is 7.58. The molecule has 0 N–H and O–H groups in total. The van der Waals surface area contributed by atoms with Gasteiger partial charge in [0.05, 0.1) is 16.8 Å². The number of hydrogen-bond donors (Lipinski definition) is 0. The summed E-state index contributed by atoms with van der Waals surface area (Å²) in [6.07, 6.45) is 0.789. The first-order chi connectivity index (χ1) is 13.3. The van der Waals surface area contributed by atoms with E-state index in [4.69, 9.17) is 18.6 Å². The quantitative estimate of drug-likeness (QED) is 0.233. The van der Waals surface area contributed by atoms with E-state index in [0.29, 0.717) is 29.1 Å². The van der Waals surface area contributed by atoms with Crippen molar-refractivity contribution in [1.82, 2.24) is 0 Å². The van der Waals surface area contributed by atoms with Gasteiger partial charge in [-0.05, 0) is 61.4 Å². The lowest BCUT2D eigenvalue weighted by atomic mass is 9.75. The molecule has 1 unspecified atom stereocenters. The molecule has 3 rings (SSSR count). The van der Waals surface area contributed by atoms with Crippen molar-refractivity contribution in [1.29, 1.82) is 0 Å². The summed E-state index contributed by atoms with van der Waals surface area (Å²) in [4.78, 5) is 12.0. The van der Waals surface area contributed by atoms with Crippen LogP contribution >= 0.6 is 28.5 Å². The fourth-order valence-electron chi connectivity index (χ4n) is 2.87. The highest BCUT2D eigenvalue weighted by atomic mass is 127. The van der Waals surface area contributed by atoms with Crippen LogP contribution in [0.15, 0.2) is 42.5 Å². The van der Waals surface area contributed by atoms with Crippen molar-refractivity contribution in [2.75, 3.05) is 0 Å². The molecule has 1 aliphatic heterocycles. The normalized spacial score (nSPS) is 17.8. The molecule has 148 valence electrons. The first kappa shape index (κ1) is 21.6. The van der Waals surface area contributed by atoms with Crippen LogP contribution in [-0.2, 0) is 15.9 Å². The molecule has 1 fully saturated rings. The number of ether oxygens (including phenoxy) is 1. The lowest BCUT2D eigenvalue weighted by Crippen LogP contribution is -2.41. The number of carbonyl (C=O) groups excluding carboxylic acids is 1. The van der Waals surface area contributed by atoms with Crippen molar-refractivity contribution in [3.05, 3.63) is 53.6 Å². The molecule has 0 radical (unpaired) electrons. The zero-order valence-corrected chi connectivity index (χ0v) is 19.5. The molecule has 8 heteroatoms. The highest BCUT2D eigenvalue weighted by Gasteiger charge is 2.52. The number of benzene rings is 2. The summed E-state index contributed by atoms with van der Waals surface area (Å²) in [6, 6.07) is 13.3. The van der Waals surface area contributed by atoms with Crippen LogP contribution in [0.4, 0.5) is 0 Å². The summed E-state index contributed by atoms with van der Waals surface area (Å²) in [5, 5.41) is 0. The van der Waals surface area contributed by atoms with Gasteiger partial charge in [-0.25, -0.2) is 0 Å². The Balaban J connectivity index is 1.97. The monoisotopic (exact) mass is 512 g/mol. The Morgan fingerprint density at radius 2 is 1.75 bits per heavy atom. The third kappa shape index (κ3) is 4.53. The molecular weight excluding hydrogens is 489 g/mol. The second-order valence-corrected chi connectivity index (χ2v) is 9.26. The first-order valence-electron chi connectivity index (χ1n) is 8.95. The summed E-state index contributed by atoms with van der Waals surface area (Å²) in [5.74, 6) is 1.07. The average Bonchev–Trinajstić information content (AvgIpc) is 2.88. The Morgan fingerprint density at radius 3 is 2.32 bits per heavy atom. The minimum atomic E-state index is -0.676. The predicted molar refractivity (Wildman–Crippen MR) is 121 cm³/mol. The van der Waals surface area contributed by atoms with Gasteiger partial charge in [0.15, 0.2) is 6.29 Å². The lowest BCUT2D eigenvalue weighted by Gasteiger charge is -2.32. The Kier molecular flexibility index (Phi) is 6.70. The van der Waals surface area contributed by atoms with Gasteiger partial charge in [-0.2, -0.15) is 0 Å². The van der Waals surface area contributed by atoms with Crippen LogP contribution in [0.1, 0.15) is 43.6 Å². The van der Waals surface area contributed by atoms with Crippen molar-refractivity contribution in [3.63, 3.8) is 0 Å². The molecule has 0 aromatic heterocycles. The van der Waals surface area contributed by atoms with Crippen molar-refractivity contribution in [3.8, 4) is 11.5 Å². The molecule has 2 aromatic rings. The third-order valence-electron chi connectivity index (χ3n) is 5.17. The van der Waals surface area contributed by atoms with Gasteiger partial charge in [0.25, 0.3) is 0 Å². The summed E-state index contributed by atoms with van der Waals surface area (Å²) in [5.41, 5.74) is 1.02. The molecule has 28 heavy (non-hydrogen) atoms. The minimum Gasteiger partial charge on any atom is -0.488 e. The zero-order chi connectivity index (χ0) is 20.4. The van der Waals surface area contributed by atoms with Crippen LogP contribution in [0.5, 0.6) is 11.5 Å². The lowest BCUT2D eigenvalue weighted by molar-refractivity contribution is 0.00578. The summed E-state index contributed by atoms with van der Waals surface area (Å²) < 4.78 is 24.0. The van der Waals surface area contributed by atoms with Crippen LogP contribution in [0.3, 0.4) is 0 Å².